The van der Waals surface area contributed by atoms with Gasteiger partial charge in [-0.05, 0) is 47.2 Å². The summed E-state index contributed by atoms with van der Waals surface area (Å²) in [6, 6.07) is 5.97. The largest absolute Gasteiger partial charge is 0.493 e. The summed E-state index contributed by atoms with van der Waals surface area (Å²) in [6.45, 7) is 17.7. The van der Waals surface area contributed by atoms with Crippen LogP contribution in [0.3, 0.4) is 0 Å². The van der Waals surface area contributed by atoms with E-state index in [4.69, 9.17) is 13.9 Å². The number of hydrogen-bond donors (Lipinski definition) is 1. The number of ether oxygens (including phenoxy) is 2. The highest BCUT2D eigenvalue weighted by Crippen LogP contribution is 2.47. The maximum Gasteiger partial charge on any atom is 0.201 e. The first-order valence-electron chi connectivity index (χ1n) is 10.8. The van der Waals surface area contributed by atoms with Gasteiger partial charge in [0, 0.05) is 12.5 Å². The molecular weight excluding hydrogens is 380 g/mol. The second-order valence-corrected chi connectivity index (χ2v) is 14.2. The van der Waals surface area contributed by atoms with Gasteiger partial charge in [0.1, 0.15) is 0 Å². The van der Waals surface area contributed by atoms with Crippen LogP contribution in [0.4, 0.5) is 0 Å². The summed E-state index contributed by atoms with van der Waals surface area (Å²) in [6.07, 6.45) is 3.39. The van der Waals surface area contributed by atoms with Gasteiger partial charge in [-0.25, -0.2) is 0 Å². The first-order chi connectivity index (χ1) is 13.7. The Morgan fingerprint density at radius 2 is 1.52 bits per heavy atom. The molecule has 1 N–H and O–H groups in total. The lowest BCUT2D eigenvalue weighted by Gasteiger charge is -2.46. The molecular formula is C24H42O4Si. The van der Waals surface area contributed by atoms with Crippen LogP contribution < -0.4 is 9.47 Å². The molecule has 1 rings (SSSR count). The minimum absolute atomic E-state index is 0.00535. The normalized spacial score (nSPS) is 14.3. The van der Waals surface area contributed by atoms with Crippen LogP contribution in [0.25, 0.3) is 0 Å². The smallest absolute Gasteiger partial charge is 0.201 e. The number of rotatable bonds is 13. The Bertz CT molecular complexity index is 606. The van der Waals surface area contributed by atoms with Crippen LogP contribution in [0.15, 0.2) is 30.9 Å². The summed E-state index contributed by atoms with van der Waals surface area (Å²) in [4.78, 5) is 0. The number of aliphatic hydroxyl groups is 1. The van der Waals surface area contributed by atoms with Crippen LogP contribution in [-0.2, 0) is 4.43 Å². The molecule has 0 amide bonds. The van der Waals surface area contributed by atoms with Gasteiger partial charge >= 0.3 is 0 Å². The average molecular weight is 423 g/mol. The summed E-state index contributed by atoms with van der Waals surface area (Å²) in [5, 5.41) is 10.3. The van der Waals surface area contributed by atoms with Gasteiger partial charge in [-0.1, -0.05) is 53.7 Å². The van der Waals surface area contributed by atoms with Gasteiger partial charge in [0.2, 0.25) is 8.32 Å². The van der Waals surface area contributed by atoms with Crippen molar-refractivity contribution >= 4 is 8.32 Å². The van der Waals surface area contributed by atoms with Crippen molar-refractivity contribution < 1.29 is 19.0 Å². The van der Waals surface area contributed by atoms with Crippen molar-refractivity contribution in [2.75, 3.05) is 20.8 Å². The lowest BCUT2D eigenvalue weighted by molar-refractivity contribution is 0.0667. The van der Waals surface area contributed by atoms with Crippen molar-refractivity contribution in [2.24, 2.45) is 5.92 Å². The van der Waals surface area contributed by atoms with Crippen molar-refractivity contribution in [3.05, 3.63) is 36.4 Å². The summed E-state index contributed by atoms with van der Waals surface area (Å²) in [7, 11) is 1.14. The van der Waals surface area contributed by atoms with E-state index in [1.54, 1.807) is 14.2 Å². The predicted molar refractivity (Wildman–Crippen MR) is 124 cm³/mol. The number of aliphatic hydroxyl groups excluding tert-OH is 1. The van der Waals surface area contributed by atoms with Crippen molar-refractivity contribution in [3.63, 3.8) is 0 Å². The van der Waals surface area contributed by atoms with Gasteiger partial charge in [0.05, 0.1) is 20.3 Å². The molecule has 0 aliphatic carbocycles. The molecule has 1 aromatic rings. The number of hydrogen-bond acceptors (Lipinski definition) is 4. The predicted octanol–water partition coefficient (Wildman–Crippen LogP) is 6.51. The van der Waals surface area contributed by atoms with Gasteiger partial charge in [0.25, 0.3) is 0 Å². The van der Waals surface area contributed by atoms with E-state index in [9.17, 15) is 5.11 Å². The fraction of sp³-hybridized carbons (Fsp3) is 0.667. The maximum atomic E-state index is 10.3. The maximum absolute atomic E-state index is 10.3. The van der Waals surface area contributed by atoms with Crippen molar-refractivity contribution in [2.45, 2.75) is 77.1 Å². The first kappa shape index (κ1) is 25.7. The van der Waals surface area contributed by atoms with Crippen LogP contribution in [-0.4, -0.2) is 34.3 Å². The molecule has 0 aromatic heterocycles. The molecule has 0 saturated carbocycles. The topological polar surface area (TPSA) is 47.9 Å². The van der Waals surface area contributed by atoms with Crippen LogP contribution in [0, 0.1) is 5.92 Å². The molecule has 0 heterocycles. The van der Waals surface area contributed by atoms with Gasteiger partial charge in [-0.2, -0.15) is 0 Å². The summed E-state index contributed by atoms with van der Waals surface area (Å²) in [5.41, 5.74) is 2.42. The minimum Gasteiger partial charge on any atom is -0.493 e. The Morgan fingerprint density at radius 3 is 1.93 bits per heavy atom. The van der Waals surface area contributed by atoms with Gasteiger partial charge < -0.3 is 19.0 Å². The van der Waals surface area contributed by atoms with Crippen LogP contribution in [0.1, 0.15) is 66.1 Å². The monoisotopic (exact) mass is 422 g/mol. The summed E-state index contributed by atoms with van der Waals surface area (Å²) >= 11 is 0. The second-order valence-electron chi connectivity index (χ2n) is 8.78. The molecule has 166 valence electrons. The molecule has 1 aromatic carbocycles. The zero-order valence-corrected chi connectivity index (χ0v) is 20.7. The third kappa shape index (κ3) is 5.86. The number of benzene rings is 1. The standard InChI is InChI=1S/C24H42O4Si/c1-10-11-12-21(16-25)24(20-13-14-22(26-8)23(15-20)27-9)28-29(17(2)3,18(4)5)19(6)7/h10,13-15,17-19,21,24-25H,1,11-12,16H2,2-9H3/t21-,24+/m0/s1. The molecule has 0 bridgehead atoms. The molecule has 0 spiro atoms. The van der Waals surface area contributed by atoms with E-state index in [1.165, 1.54) is 0 Å². The molecule has 0 aliphatic rings. The number of allylic oxidation sites excluding steroid dienone is 1. The van der Waals surface area contributed by atoms with E-state index in [2.05, 4.69) is 48.1 Å². The average Bonchev–Trinajstić information content (AvgIpc) is 2.69. The molecule has 5 heteroatoms. The van der Waals surface area contributed by atoms with E-state index in [-0.39, 0.29) is 18.6 Å². The fourth-order valence-electron chi connectivity index (χ4n) is 4.76. The quantitative estimate of drug-likeness (QED) is 0.291. The van der Waals surface area contributed by atoms with Crippen LogP contribution in [0.2, 0.25) is 16.6 Å². The molecule has 0 radical (unpaired) electrons. The SMILES string of the molecule is C=CCC[C@@H](CO)[C@H](O[Si](C(C)C)(C(C)C)C(C)C)c1ccc(OC)c(OC)c1. The fourth-order valence-corrected chi connectivity index (χ4v) is 10.3. The van der Waals surface area contributed by atoms with Gasteiger partial charge in [0.15, 0.2) is 11.5 Å². The van der Waals surface area contributed by atoms with Crippen molar-refractivity contribution in [3.8, 4) is 11.5 Å². The first-order valence-corrected chi connectivity index (χ1v) is 12.9. The molecule has 0 aliphatic heterocycles. The van der Waals surface area contributed by atoms with E-state index in [1.807, 2.05) is 24.3 Å². The van der Waals surface area contributed by atoms with Crippen molar-refractivity contribution in [1.82, 2.24) is 0 Å². The molecule has 2 atom stereocenters. The Hall–Kier alpha value is -1.30. The van der Waals surface area contributed by atoms with E-state index < -0.39 is 8.32 Å². The highest BCUT2D eigenvalue weighted by Gasteiger charge is 2.47. The lowest BCUT2D eigenvalue weighted by Crippen LogP contribution is -2.49. The summed E-state index contributed by atoms with van der Waals surface area (Å²) in [5.74, 6) is 1.38. The lowest BCUT2D eigenvalue weighted by atomic mass is 9.92. The highest BCUT2D eigenvalue weighted by molar-refractivity contribution is 6.77. The Labute approximate surface area is 179 Å². The van der Waals surface area contributed by atoms with Crippen LogP contribution >= 0.6 is 0 Å². The molecule has 0 unspecified atom stereocenters. The molecule has 4 nitrogen and oxygen atoms in total. The van der Waals surface area contributed by atoms with Crippen molar-refractivity contribution in [1.29, 1.82) is 0 Å². The second kappa shape index (κ2) is 11.8. The highest BCUT2D eigenvalue weighted by atomic mass is 28.4. The van der Waals surface area contributed by atoms with E-state index >= 15 is 0 Å². The molecule has 29 heavy (non-hydrogen) atoms. The zero-order valence-electron chi connectivity index (χ0n) is 19.7. The Balaban J connectivity index is 3.53. The Kier molecular flexibility index (Phi) is 10.4. The van der Waals surface area contributed by atoms with Gasteiger partial charge in [-0.3, -0.25) is 0 Å². The van der Waals surface area contributed by atoms with E-state index in [0.29, 0.717) is 28.1 Å². The molecule has 0 saturated heterocycles. The molecule has 0 fully saturated rings. The third-order valence-corrected chi connectivity index (χ3v) is 12.3. The number of methoxy groups -OCH3 is 2. The minimum atomic E-state index is -2.15. The summed E-state index contributed by atoms with van der Waals surface area (Å²) < 4.78 is 18.1. The zero-order chi connectivity index (χ0) is 22.2. The van der Waals surface area contributed by atoms with Gasteiger partial charge in [-0.15, -0.1) is 6.58 Å². The Morgan fingerprint density at radius 1 is 0.966 bits per heavy atom. The van der Waals surface area contributed by atoms with Crippen LogP contribution in [0.5, 0.6) is 11.5 Å². The van der Waals surface area contributed by atoms with E-state index in [0.717, 1.165) is 18.4 Å². The third-order valence-electron chi connectivity index (χ3n) is 6.18.